The molecule has 2 rings (SSSR count). The molecule has 122 valence electrons. The van der Waals surface area contributed by atoms with Crippen LogP contribution in [-0.2, 0) is 17.8 Å². The van der Waals surface area contributed by atoms with E-state index in [9.17, 15) is 4.79 Å². The van der Waals surface area contributed by atoms with Crippen molar-refractivity contribution in [2.75, 3.05) is 24.1 Å². The summed E-state index contributed by atoms with van der Waals surface area (Å²) in [5.74, 6) is -0.0812. The van der Waals surface area contributed by atoms with Crippen LogP contribution in [0.4, 0.5) is 11.4 Å². The van der Waals surface area contributed by atoms with Crippen molar-refractivity contribution in [1.29, 1.82) is 0 Å². The highest BCUT2D eigenvalue weighted by molar-refractivity contribution is 5.92. The standard InChI is InChI=1S/C18H24N4O/c1-3-22(4-2)13-14-6-5-7-17(10-14)21-18(23)11-16-9-8-15(19)12-20-16/h5-10,12H,3-4,11,13,19H2,1-2H3,(H,21,23). The second-order valence-corrected chi connectivity index (χ2v) is 5.47. The summed E-state index contributed by atoms with van der Waals surface area (Å²) in [4.78, 5) is 18.6. The molecule has 0 fully saturated rings. The van der Waals surface area contributed by atoms with Crippen LogP contribution in [0, 0.1) is 0 Å². The van der Waals surface area contributed by atoms with Gasteiger partial charge in [-0.2, -0.15) is 0 Å². The number of carbonyl (C=O) groups excluding carboxylic acids is 1. The number of nitrogens with two attached hydrogens (primary N) is 1. The van der Waals surface area contributed by atoms with Crippen LogP contribution in [0.1, 0.15) is 25.1 Å². The highest BCUT2D eigenvalue weighted by Gasteiger charge is 2.07. The quantitative estimate of drug-likeness (QED) is 0.824. The van der Waals surface area contributed by atoms with Crippen LogP contribution in [0.25, 0.3) is 0 Å². The summed E-state index contributed by atoms with van der Waals surface area (Å²) in [7, 11) is 0. The lowest BCUT2D eigenvalue weighted by Crippen LogP contribution is -2.22. The van der Waals surface area contributed by atoms with Gasteiger partial charge in [-0.25, -0.2) is 0 Å². The van der Waals surface area contributed by atoms with Crippen LogP contribution in [-0.4, -0.2) is 28.9 Å². The van der Waals surface area contributed by atoms with Gasteiger partial charge in [0.15, 0.2) is 0 Å². The zero-order valence-electron chi connectivity index (χ0n) is 13.7. The van der Waals surface area contributed by atoms with Crippen molar-refractivity contribution in [1.82, 2.24) is 9.88 Å². The minimum absolute atomic E-state index is 0.0812. The normalized spacial score (nSPS) is 10.7. The Bertz CT molecular complexity index is 636. The minimum atomic E-state index is -0.0812. The molecule has 1 aromatic heterocycles. The molecule has 0 saturated carbocycles. The van der Waals surface area contributed by atoms with Crippen LogP contribution in [0.2, 0.25) is 0 Å². The molecule has 0 radical (unpaired) electrons. The van der Waals surface area contributed by atoms with Crippen molar-refractivity contribution < 1.29 is 4.79 Å². The monoisotopic (exact) mass is 312 g/mol. The predicted molar refractivity (Wildman–Crippen MR) is 94.1 cm³/mol. The summed E-state index contributed by atoms with van der Waals surface area (Å²) >= 11 is 0. The number of aromatic nitrogens is 1. The van der Waals surface area contributed by atoms with Crippen molar-refractivity contribution in [2.24, 2.45) is 0 Å². The molecule has 0 saturated heterocycles. The van der Waals surface area contributed by atoms with Crippen molar-refractivity contribution in [3.8, 4) is 0 Å². The van der Waals surface area contributed by atoms with Crippen LogP contribution < -0.4 is 11.1 Å². The number of rotatable bonds is 7. The molecule has 1 aromatic carbocycles. The molecular weight excluding hydrogens is 288 g/mol. The molecule has 0 aliphatic carbocycles. The molecule has 0 bridgehead atoms. The van der Waals surface area contributed by atoms with Gasteiger partial charge in [0, 0.05) is 17.9 Å². The van der Waals surface area contributed by atoms with E-state index >= 15 is 0 Å². The number of carbonyl (C=O) groups is 1. The Morgan fingerprint density at radius 3 is 2.65 bits per heavy atom. The molecule has 0 atom stereocenters. The van der Waals surface area contributed by atoms with Gasteiger partial charge in [0.05, 0.1) is 18.3 Å². The number of benzene rings is 1. The van der Waals surface area contributed by atoms with E-state index in [4.69, 9.17) is 5.73 Å². The zero-order valence-corrected chi connectivity index (χ0v) is 13.7. The third-order valence-corrected chi connectivity index (χ3v) is 3.70. The van der Waals surface area contributed by atoms with Gasteiger partial charge in [0.1, 0.15) is 0 Å². The maximum Gasteiger partial charge on any atom is 0.230 e. The van der Waals surface area contributed by atoms with Crippen LogP contribution >= 0.6 is 0 Å². The lowest BCUT2D eigenvalue weighted by Gasteiger charge is -2.18. The molecule has 1 heterocycles. The van der Waals surface area contributed by atoms with Gasteiger partial charge in [-0.05, 0) is 42.9 Å². The number of hydrogen-bond donors (Lipinski definition) is 2. The molecule has 5 nitrogen and oxygen atoms in total. The summed E-state index contributed by atoms with van der Waals surface area (Å²) < 4.78 is 0. The number of nitrogens with one attached hydrogen (secondary N) is 1. The largest absolute Gasteiger partial charge is 0.397 e. The third-order valence-electron chi connectivity index (χ3n) is 3.70. The third kappa shape index (κ3) is 5.38. The smallest absolute Gasteiger partial charge is 0.230 e. The molecule has 2 aromatic rings. The molecule has 5 heteroatoms. The fourth-order valence-corrected chi connectivity index (χ4v) is 2.36. The molecule has 0 aliphatic heterocycles. The Morgan fingerprint density at radius 1 is 1.22 bits per heavy atom. The number of anilines is 2. The van der Waals surface area contributed by atoms with Crippen molar-refractivity contribution in [3.05, 3.63) is 53.9 Å². The topological polar surface area (TPSA) is 71.2 Å². The van der Waals surface area contributed by atoms with E-state index in [2.05, 4.69) is 35.1 Å². The Kier molecular flexibility index (Phi) is 6.11. The second-order valence-electron chi connectivity index (χ2n) is 5.47. The van der Waals surface area contributed by atoms with Gasteiger partial charge in [-0.3, -0.25) is 14.7 Å². The first-order chi connectivity index (χ1) is 11.1. The maximum absolute atomic E-state index is 12.1. The van der Waals surface area contributed by atoms with E-state index < -0.39 is 0 Å². The Hall–Kier alpha value is -2.40. The van der Waals surface area contributed by atoms with E-state index in [-0.39, 0.29) is 12.3 Å². The Balaban J connectivity index is 1.96. The van der Waals surface area contributed by atoms with E-state index in [0.29, 0.717) is 11.4 Å². The van der Waals surface area contributed by atoms with E-state index in [1.54, 1.807) is 18.3 Å². The second kappa shape index (κ2) is 8.29. The highest BCUT2D eigenvalue weighted by atomic mass is 16.1. The van der Waals surface area contributed by atoms with Crippen LogP contribution in [0.3, 0.4) is 0 Å². The summed E-state index contributed by atoms with van der Waals surface area (Å²) in [6, 6.07) is 11.5. The van der Waals surface area contributed by atoms with Crippen molar-refractivity contribution >= 4 is 17.3 Å². The Morgan fingerprint density at radius 2 is 2.00 bits per heavy atom. The predicted octanol–water partition coefficient (Wildman–Crippen LogP) is 2.69. The summed E-state index contributed by atoms with van der Waals surface area (Å²) in [6.07, 6.45) is 1.80. The number of amides is 1. The SMILES string of the molecule is CCN(CC)Cc1cccc(NC(=O)Cc2ccc(N)cn2)c1. The fourth-order valence-electron chi connectivity index (χ4n) is 2.36. The minimum Gasteiger partial charge on any atom is -0.397 e. The highest BCUT2D eigenvalue weighted by Crippen LogP contribution is 2.13. The number of hydrogen-bond acceptors (Lipinski definition) is 4. The summed E-state index contributed by atoms with van der Waals surface area (Å²) in [6.45, 7) is 7.20. The summed E-state index contributed by atoms with van der Waals surface area (Å²) in [5, 5.41) is 2.93. The molecule has 0 spiro atoms. The first-order valence-electron chi connectivity index (χ1n) is 7.92. The van der Waals surface area contributed by atoms with Gasteiger partial charge >= 0.3 is 0 Å². The van der Waals surface area contributed by atoms with Crippen LogP contribution in [0.15, 0.2) is 42.6 Å². The lowest BCUT2D eigenvalue weighted by atomic mass is 10.1. The molecule has 1 amide bonds. The van der Waals surface area contributed by atoms with Gasteiger partial charge in [0.2, 0.25) is 5.91 Å². The molecule has 0 unspecified atom stereocenters. The lowest BCUT2D eigenvalue weighted by molar-refractivity contribution is -0.115. The van der Waals surface area contributed by atoms with Gasteiger partial charge in [-0.15, -0.1) is 0 Å². The van der Waals surface area contributed by atoms with Gasteiger partial charge in [-0.1, -0.05) is 26.0 Å². The number of nitrogen functional groups attached to an aromatic ring is 1. The first-order valence-corrected chi connectivity index (χ1v) is 7.92. The van der Waals surface area contributed by atoms with E-state index in [1.165, 1.54) is 5.56 Å². The number of pyridine rings is 1. The molecule has 0 aliphatic rings. The molecule has 3 N–H and O–H groups in total. The van der Waals surface area contributed by atoms with Gasteiger partial charge in [0.25, 0.3) is 0 Å². The van der Waals surface area contributed by atoms with Gasteiger partial charge < -0.3 is 11.1 Å². The molecular formula is C18H24N4O. The van der Waals surface area contributed by atoms with Crippen LogP contribution in [0.5, 0.6) is 0 Å². The maximum atomic E-state index is 12.1. The average molecular weight is 312 g/mol. The van der Waals surface area contributed by atoms with Crippen molar-refractivity contribution in [3.63, 3.8) is 0 Å². The van der Waals surface area contributed by atoms with E-state index in [0.717, 1.165) is 25.3 Å². The first kappa shape index (κ1) is 17.0. The zero-order chi connectivity index (χ0) is 16.7. The number of nitrogens with zero attached hydrogens (tertiary/aromatic N) is 2. The summed E-state index contributed by atoms with van der Waals surface area (Å²) in [5.41, 5.74) is 8.90. The van der Waals surface area contributed by atoms with Crippen molar-refractivity contribution in [2.45, 2.75) is 26.8 Å². The van der Waals surface area contributed by atoms with E-state index in [1.807, 2.05) is 18.2 Å². The average Bonchev–Trinajstić information content (AvgIpc) is 2.55. The Labute approximate surface area is 137 Å². The molecule has 23 heavy (non-hydrogen) atoms. The fraction of sp³-hybridized carbons (Fsp3) is 0.333.